The molecule has 0 radical (unpaired) electrons. The third kappa shape index (κ3) is 2.44. The van der Waals surface area contributed by atoms with E-state index in [0.717, 1.165) is 5.56 Å². The Morgan fingerprint density at radius 2 is 2.12 bits per heavy atom. The van der Waals surface area contributed by atoms with E-state index in [-0.39, 0.29) is 5.56 Å². The molecule has 0 bridgehead atoms. The highest BCUT2D eigenvalue weighted by atomic mass is 16.5. The second kappa shape index (κ2) is 4.29. The van der Waals surface area contributed by atoms with Gasteiger partial charge in [0.25, 0.3) is 5.56 Å². The summed E-state index contributed by atoms with van der Waals surface area (Å²) in [6.07, 6.45) is 1.50. The lowest BCUT2D eigenvalue weighted by molar-refractivity contribution is 0.469. The highest BCUT2D eigenvalue weighted by Crippen LogP contribution is 2.24. The topological polar surface area (TPSA) is 70.1 Å². The number of aryl methyl sites for hydroxylation is 2. The van der Waals surface area contributed by atoms with E-state index in [2.05, 4.69) is 5.10 Å². The predicted molar refractivity (Wildman–Crippen MR) is 65.1 cm³/mol. The molecule has 0 saturated heterocycles. The minimum Gasteiger partial charge on any atom is -0.455 e. The average Bonchev–Trinajstić information content (AvgIpc) is 2.27. The first kappa shape index (κ1) is 11.2. The molecule has 0 aliphatic carbocycles. The van der Waals surface area contributed by atoms with Gasteiger partial charge in [0.05, 0.1) is 6.20 Å². The molecule has 1 heterocycles. The summed E-state index contributed by atoms with van der Waals surface area (Å²) in [5.74, 6) is 1.08. The minimum absolute atomic E-state index is 0.212. The largest absolute Gasteiger partial charge is 0.455 e. The number of nitrogen functional groups attached to an aromatic ring is 1. The summed E-state index contributed by atoms with van der Waals surface area (Å²) < 4.78 is 6.81. The van der Waals surface area contributed by atoms with Crippen LogP contribution in [0, 0.1) is 6.92 Å². The lowest BCUT2D eigenvalue weighted by Gasteiger charge is -2.08. The molecule has 0 fully saturated rings. The number of ether oxygens (including phenoxy) is 1. The zero-order chi connectivity index (χ0) is 12.4. The van der Waals surface area contributed by atoms with Crippen LogP contribution in [0.2, 0.25) is 0 Å². The van der Waals surface area contributed by atoms with Crippen LogP contribution in [-0.2, 0) is 7.05 Å². The fourth-order valence-electron chi connectivity index (χ4n) is 1.42. The molecular formula is C12H13N3O2. The van der Waals surface area contributed by atoms with Crippen molar-refractivity contribution in [2.24, 2.45) is 7.05 Å². The summed E-state index contributed by atoms with van der Waals surface area (Å²) >= 11 is 0. The predicted octanol–water partition coefficient (Wildman–Crippen LogP) is 1.46. The summed E-state index contributed by atoms with van der Waals surface area (Å²) in [6.45, 7) is 1.89. The molecule has 0 spiro atoms. The van der Waals surface area contributed by atoms with Crippen molar-refractivity contribution in [3.8, 4) is 11.5 Å². The van der Waals surface area contributed by atoms with Crippen molar-refractivity contribution in [2.45, 2.75) is 6.92 Å². The Morgan fingerprint density at radius 1 is 1.35 bits per heavy atom. The van der Waals surface area contributed by atoms with Crippen molar-refractivity contribution >= 4 is 5.69 Å². The standard InChI is InChI=1S/C12H13N3O2/c1-8-5-9(13)3-4-11(8)17-10-6-12(16)15(2)14-7-10/h3-7H,13H2,1-2H3. The van der Waals surface area contributed by atoms with E-state index in [1.165, 1.54) is 16.9 Å². The number of nitrogens with zero attached hydrogens (tertiary/aromatic N) is 2. The maximum absolute atomic E-state index is 11.4. The first-order valence-corrected chi connectivity index (χ1v) is 5.13. The number of benzene rings is 1. The van der Waals surface area contributed by atoms with Crippen LogP contribution in [0.25, 0.3) is 0 Å². The Balaban J connectivity index is 2.31. The van der Waals surface area contributed by atoms with E-state index in [0.29, 0.717) is 17.2 Å². The lowest BCUT2D eigenvalue weighted by Crippen LogP contribution is -2.17. The van der Waals surface area contributed by atoms with E-state index in [9.17, 15) is 4.79 Å². The molecule has 0 atom stereocenters. The highest BCUT2D eigenvalue weighted by molar-refractivity contribution is 5.48. The summed E-state index contributed by atoms with van der Waals surface area (Å²) in [7, 11) is 1.58. The number of hydrogen-bond acceptors (Lipinski definition) is 4. The first-order valence-electron chi connectivity index (χ1n) is 5.13. The summed E-state index contributed by atoms with van der Waals surface area (Å²) in [6, 6.07) is 6.71. The molecule has 2 aromatic rings. The van der Waals surface area contributed by atoms with Crippen LogP contribution in [-0.4, -0.2) is 9.78 Å². The van der Waals surface area contributed by atoms with Crippen LogP contribution < -0.4 is 16.0 Å². The maximum atomic E-state index is 11.4. The van der Waals surface area contributed by atoms with Crippen LogP contribution in [0.15, 0.2) is 35.3 Å². The Bertz CT molecular complexity index is 605. The van der Waals surface area contributed by atoms with Gasteiger partial charge < -0.3 is 10.5 Å². The van der Waals surface area contributed by atoms with Crippen LogP contribution in [0.1, 0.15) is 5.56 Å². The van der Waals surface area contributed by atoms with Gasteiger partial charge in [-0.15, -0.1) is 0 Å². The molecule has 5 nitrogen and oxygen atoms in total. The Hall–Kier alpha value is -2.30. The van der Waals surface area contributed by atoms with Gasteiger partial charge in [-0.1, -0.05) is 0 Å². The van der Waals surface area contributed by atoms with Crippen molar-refractivity contribution in [1.29, 1.82) is 0 Å². The van der Waals surface area contributed by atoms with Gasteiger partial charge >= 0.3 is 0 Å². The van der Waals surface area contributed by atoms with Gasteiger partial charge in [0.15, 0.2) is 5.75 Å². The molecule has 5 heteroatoms. The molecule has 2 rings (SSSR count). The molecule has 1 aromatic heterocycles. The Labute approximate surface area is 98.5 Å². The van der Waals surface area contributed by atoms with E-state index in [1.54, 1.807) is 19.2 Å². The van der Waals surface area contributed by atoms with Gasteiger partial charge in [-0.25, -0.2) is 4.68 Å². The van der Waals surface area contributed by atoms with Gasteiger partial charge in [-0.2, -0.15) is 5.10 Å². The normalized spacial score (nSPS) is 10.2. The van der Waals surface area contributed by atoms with Crippen molar-refractivity contribution in [3.05, 3.63) is 46.4 Å². The number of hydrogen-bond donors (Lipinski definition) is 1. The second-order valence-electron chi connectivity index (χ2n) is 3.78. The van der Waals surface area contributed by atoms with Gasteiger partial charge in [0.2, 0.25) is 0 Å². The van der Waals surface area contributed by atoms with E-state index >= 15 is 0 Å². The molecule has 0 saturated carbocycles. The van der Waals surface area contributed by atoms with Crippen LogP contribution in [0.5, 0.6) is 11.5 Å². The van der Waals surface area contributed by atoms with Gasteiger partial charge in [0, 0.05) is 18.8 Å². The highest BCUT2D eigenvalue weighted by Gasteiger charge is 2.03. The van der Waals surface area contributed by atoms with Crippen molar-refractivity contribution in [2.75, 3.05) is 5.73 Å². The van der Waals surface area contributed by atoms with Gasteiger partial charge in [-0.05, 0) is 30.7 Å². The molecule has 88 valence electrons. The number of nitrogens with two attached hydrogens (primary N) is 1. The molecule has 0 aliphatic heterocycles. The van der Waals surface area contributed by atoms with Crippen LogP contribution >= 0.6 is 0 Å². The zero-order valence-electron chi connectivity index (χ0n) is 9.68. The third-order valence-electron chi connectivity index (χ3n) is 2.37. The zero-order valence-corrected chi connectivity index (χ0v) is 9.68. The van der Waals surface area contributed by atoms with E-state index in [4.69, 9.17) is 10.5 Å². The fraction of sp³-hybridized carbons (Fsp3) is 0.167. The SMILES string of the molecule is Cc1cc(N)ccc1Oc1cnn(C)c(=O)c1. The molecule has 2 N–H and O–H groups in total. The van der Waals surface area contributed by atoms with Crippen molar-refractivity contribution < 1.29 is 4.74 Å². The molecule has 0 aliphatic rings. The van der Waals surface area contributed by atoms with Gasteiger partial charge in [-0.3, -0.25) is 4.79 Å². The van der Waals surface area contributed by atoms with E-state index < -0.39 is 0 Å². The Morgan fingerprint density at radius 3 is 2.76 bits per heavy atom. The van der Waals surface area contributed by atoms with Crippen LogP contribution in [0.3, 0.4) is 0 Å². The molecule has 1 aromatic carbocycles. The van der Waals surface area contributed by atoms with Crippen molar-refractivity contribution in [3.63, 3.8) is 0 Å². The Kier molecular flexibility index (Phi) is 2.82. The van der Waals surface area contributed by atoms with Crippen LogP contribution in [0.4, 0.5) is 5.69 Å². The number of aromatic nitrogens is 2. The number of anilines is 1. The first-order chi connectivity index (χ1) is 8.06. The molecule has 0 amide bonds. The molecule has 17 heavy (non-hydrogen) atoms. The van der Waals surface area contributed by atoms with E-state index in [1.807, 2.05) is 13.0 Å². The maximum Gasteiger partial charge on any atom is 0.270 e. The summed E-state index contributed by atoms with van der Waals surface area (Å²) in [4.78, 5) is 11.4. The molecule has 0 unspecified atom stereocenters. The van der Waals surface area contributed by atoms with Crippen molar-refractivity contribution in [1.82, 2.24) is 9.78 Å². The third-order valence-corrected chi connectivity index (χ3v) is 2.37. The second-order valence-corrected chi connectivity index (χ2v) is 3.78. The monoisotopic (exact) mass is 231 g/mol. The quantitative estimate of drug-likeness (QED) is 0.794. The average molecular weight is 231 g/mol. The molecular weight excluding hydrogens is 218 g/mol. The number of rotatable bonds is 2. The lowest BCUT2D eigenvalue weighted by atomic mass is 10.2. The minimum atomic E-state index is -0.212. The summed E-state index contributed by atoms with van der Waals surface area (Å²) in [5, 5.41) is 3.88. The fourth-order valence-corrected chi connectivity index (χ4v) is 1.42. The van der Waals surface area contributed by atoms with Gasteiger partial charge in [0.1, 0.15) is 5.75 Å². The smallest absolute Gasteiger partial charge is 0.270 e. The summed E-state index contributed by atoms with van der Waals surface area (Å²) in [5.41, 5.74) is 7.02.